The molecular weight excluding hydrogens is 529 g/mol. The molecule has 17 heteroatoms. The molecule has 0 saturated carbocycles. The Morgan fingerprint density at radius 2 is 2.08 bits per heavy atom. The summed E-state index contributed by atoms with van der Waals surface area (Å²) in [6.07, 6.45) is -2.81. The first-order valence-electron chi connectivity index (χ1n) is 10.1. The third kappa shape index (κ3) is 4.62. The van der Waals surface area contributed by atoms with Gasteiger partial charge in [-0.15, -0.1) is 23.1 Å². The average Bonchev–Trinajstić information content (AvgIpc) is 3.36. The van der Waals surface area contributed by atoms with Crippen molar-refractivity contribution in [2.75, 3.05) is 29.5 Å². The van der Waals surface area contributed by atoms with E-state index in [2.05, 4.69) is 10.1 Å². The van der Waals surface area contributed by atoms with Gasteiger partial charge in [-0.05, 0) is 18.1 Å². The Morgan fingerprint density at radius 1 is 1.36 bits per heavy atom. The Balaban J connectivity index is 1.64. The molecule has 4 heterocycles. The zero-order valence-electron chi connectivity index (χ0n) is 18.0. The smallest absolute Gasteiger partial charge is 0.406 e. The molecule has 192 valence electrons. The topological polar surface area (TPSA) is 170 Å². The number of likely N-dealkylation sites (tertiary alicyclic amines) is 1. The number of carboxylic acid groups (broad SMARTS) is 1. The van der Waals surface area contributed by atoms with Gasteiger partial charge in [0.1, 0.15) is 35.7 Å². The van der Waals surface area contributed by atoms with Crippen molar-refractivity contribution >= 4 is 64.0 Å². The number of rotatable bonds is 6. The standard InChI is InChI=1S/C19H17F3N6O6S2/c20-19(21,22)7-26-2-1-8(14(26)30)3-9-5-35-16-13(15(31)28(16)12(9)17(32)33)27(11(29)4-24-34)10-6-36-18(23)25-10/h3-4,6,13,16,34H,1-2,5,7H2,(H2,23,25)(H,32,33)/t13-,16-/m1/s1. The number of nitrogens with zero attached hydrogens (tertiary/aromatic N) is 5. The molecular formula is C19H17F3N6O6S2. The van der Waals surface area contributed by atoms with Gasteiger partial charge in [0, 0.05) is 23.3 Å². The van der Waals surface area contributed by atoms with Gasteiger partial charge in [-0.25, -0.2) is 9.78 Å². The van der Waals surface area contributed by atoms with E-state index in [0.717, 1.165) is 32.9 Å². The summed E-state index contributed by atoms with van der Waals surface area (Å²) in [5, 5.41) is 22.0. The number of aromatic nitrogens is 1. The van der Waals surface area contributed by atoms with Crippen LogP contribution in [0.5, 0.6) is 0 Å². The lowest BCUT2D eigenvalue weighted by molar-refractivity contribution is -0.156. The van der Waals surface area contributed by atoms with Gasteiger partial charge in [-0.1, -0.05) is 5.16 Å². The monoisotopic (exact) mass is 546 g/mol. The highest BCUT2D eigenvalue weighted by Gasteiger charge is 2.57. The van der Waals surface area contributed by atoms with E-state index in [4.69, 9.17) is 10.9 Å². The Morgan fingerprint density at radius 3 is 2.67 bits per heavy atom. The number of carbonyl (C=O) groups is 4. The molecule has 0 radical (unpaired) electrons. The largest absolute Gasteiger partial charge is 0.477 e. The number of thioether (sulfide) groups is 1. The first-order valence-corrected chi connectivity index (χ1v) is 12.0. The van der Waals surface area contributed by atoms with Crippen molar-refractivity contribution in [3.05, 3.63) is 28.3 Å². The van der Waals surface area contributed by atoms with Gasteiger partial charge in [-0.2, -0.15) is 13.2 Å². The van der Waals surface area contributed by atoms with E-state index < -0.39 is 53.5 Å². The predicted molar refractivity (Wildman–Crippen MR) is 121 cm³/mol. The molecule has 3 amide bonds. The van der Waals surface area contributed by atoms with Crippen molar-refractivity contribution in [3.8, 4) is 0 Å². The van der Waals surface area contributed by atoms with Crippen LogP contribution in [0.25, 0.3) is 0 Å². The summed E-state index contributed by atoms with van der Waals surface area (Å²) in [7, 11) is 0. The van der Waals surface area contributed by atoms with Crippen molar-refractivity contribution in [1.82, 2.24) is 14.8 Å². The molecule has 3 aliphatic rings. The number of alkyl halides is 3. The number of carboxylic acids is 1. The molecule has 0 spiro atoms. The van der Waals surface area contributed by atoms with Crippen LogP contribution in [-0.2, 0) is 19.2 Å². The summed E-state index contributed by atoms with van der Waals surface area (Å²) in [6.45, 7) is -1.58. The fraction of sp³-hybridized carbons (Fsp3) is 0.368. The minimum Gasteiger partial charge on any atom is -0.477 e. The second-order valence-corrected chi connectivity index (χ2v) is 9.79. The SMILES string of the molecule is Nc1nc(N(C(=O)C=NO)[C@@H]2C(=O)N3C(C(=O)O)=C(C=C4CCN(CC(F)(F)F)C4=O)CS[C@H]23)cs1. The Labute approximate surface area is 208 Å². The van der Waals surface area contributed by atoms with Gasteiger partial charge in [0.25, 0.3) is 11.8 Å². The van der Waals surface area contributed by atoms with Crippen LogP contribution >= 0.6 is 23.1 Å². The third-order valence-electron chi connectivity index (χ3n) is 5.54. The van der Waals surface area contributed by atoms with Gasteiger partial charge in [0.15, 0.2) is 5.13 Å². The van der Waals surface area contributed by atoms with E-state index in [1.54, 1.807) is 0 Å². The zero-order chi connectivity index (χ0) is 26.4. The van der Waals surface area contributed by atoms with Crippen LogP contribution in [-0.4, -0.2) is 91.4 Å². The molecule has 2 fully saturated rings. The van der Waals surface area contributed by atoms with Gasteiger partial charge >= 0.3 is 12.1 Å². The van der Waals surface area contributed by atoms with Crippen LogP contribution in [0.3, 0.4) is 0 Å². The van der Waals surface area contributed by atoms with Crippen molar-refractivity contribution in [2.45, 2.75) is 24.0 Å². The molecule has 0 aliphatic carbocycles. The number of oxime groups is 1. The maximum Gasteiger partial charge on any atom is 0.406 e. The molecule has 1 aromatic heterocycles. The summed E-state index contributed by atoms with van der Waals surface area (Å²) < 4.78 is 38.1. The van der Waals surface area contributed by atoms with E-state index >= 15 is 0 Å². The van der Waals surface area contributed by atoms with Crippen LogP contribution in [0.4, 0.5) is 24.1 Å². The lowest BCUT2D eigenvalue weighted by atomic mass is 10.00. The molecule has 2 atom stereocenters. The van der Waals surface area contributed by atoms with E-state index in [9.17, 15) is 37.5 Å². The number of carbonyl (C=O) groups excluding carboxylic acids is 3. The van der Waals surface area contributed by atoms with E-state index in [1.807, 2.05) is 0 Å². The number of anilines is 2. The van der Waals surface area contributed by atoms with Gasteiger partial charge in [0.2, 0.25) is 5.91 Å². The Kier molecular flexibility index (Phi) is 6.70. The highest BCUT2D eigenvalue weighted by molar-refractivity contribution is 8.00. The molecule has 4 N–H and O–H groups in total. The molecule has 0 bridgehead atoms. The van der Waals surface area contributed by atoms with Crippen molar-refractivity contribution in [2.24, 2.45) is 5.16 Å². The molecule has 2 saturated heterocycles. The number of thiazole rings is 1. The summed E-state index contributed by atoms with van der Waals surface area (Å²) in [5.74, 6) is -4.00. The number of amides is 3. The molecule has 36 heavy (non-hydrogen) atoms. The van der Waals surface area contributed by atoms with E-state index in [1.165, 1.54) is 11.5 Å². The summed E-state index contributed by atoms with van der Waals surface area (Å²) >= 11 is 2.09. The number of aliphatic carboxylic acids is 1. The van der Waals surface area contributed by atoms with Crippen LogP contribution in [0.2, 0.25) is 0 Å². The first-order chi connectivity index (χ1) is 16.9. The second kappa shape index (κ2) is 9.45. The highest BCUT2D eigenvalue weighted by Crippen LogP contribution is 2.44. The molecule has 0 unspecified atom stereocenters. The Bertz CT molecular complexity index is 1230. The van der Waals surface area contributed by atoms with E-state index in [-0.39, 0.29) is 40.8 Å². The maximum atomic E-state index is 13.1. The predicted octanol–water partition coefficient (Wildman–Crippen LogP) is 0.862. The molecule has 4 rings (SSSR count). The van der Waals surface area contributed by atoms with Crippen LogP contribution in [0.15, 0.2) is 33.5 Å². The summed E-state index contributed by atoms with van der Waals surface area (Å²) in [5.41, 5.74) is 5.28. The van der Waals surface area contributed by atoms with Gasteiger partial charge in [0.05, 0.1) is 0 Å². The fourth-order valence-corrected chi connectivity index (χ4v) is 6.00. The lowest BCUT2D eigenvalue weighted by Crippen LogP contribution is -2.71. The molecule has 1 aromatic rings. The highest BCUT2D eigenvalue weighted by atomic mass is 32.2. The summed E-state index contributed by atoms with van der Waals surface area (Å²) in [6, 6.07) is -1.19. The minimum absolute atomic E-state index is 0.00203. The minimum atomic E-state index is -4.57. The number of fused-ring (bicyclic) bond motifs is 1. The maximum absolute atomic E-state index is 13.1. The van der Waals surface area contributed by atoms with Crippen molar-refractivity contribution in [3.63, 3.8) is 0 Å². The number of hydrogen-bond donors (Lipinski definition) is 3. The van der Waals surface area contributed by atoms with Crippen LogP contribution in [0, 0.1) is 0 Å². The number of allylic oxidation sites excluding steroid dienone is 1. The second-order valence-electron chi connectivity index (χ2n) is 7.79. The molecule has 0 aromatic carbocycles. The molecule has 12 nitrogen and oxygen atoms in total. The quantitative estimate of drug-likeness (QED) is 0.154. The summed E-state index contributed by atoms with van der Waals surface area (Å²) in [4.78, 5) is 56.7. The van der Waals surface area contributed by atoms with Gasteiger partial charge in [-0.3, -0.25) is 24.2 Å². The third-order valence-corrected chi connectivity index (χ3v) is 7.49. The van der Waals surface area contributed by atoms with Crippen molar-refractivity contribution < 1.29 is 42.7 Å². The van der Waals surface area contributed by atoms with E-state index in [0.29, 0.717) is 11.1 Å². The van der Waals surface area contributed by atoms with Crippen LogP contribution in [0.1, 0.15) is 6.42 Å². The first kappa shape index (κ1) is 25.5. The number of nitrogen functional groups attached to an aromatic ring is 1. The normalized spacial score (nSPS) is 23.5. The zero-order valence-corrected chi connectivity index (χ0v) is 19.6. The van der Waals surface area contributed by atoms with Gasteiger partial charge < -0.3 is 20.9 Å². The number of hydrogen-bond acceptors (Lipinski definition) is 10. The number of halogens is 3. The number of β-lactam (4-membered cyclic amide) rings is 1. The fourth-order valence-electron chi connectivity index (χ4n) is 4.11. The lowest BCUT2D eigenvalue weighted by Gasteiger charge is -2.51. The van der Waals surface area contributed by atoms with Crippen molar-refractivity contribution in [1.29, 1.82) is 0 Å². The Hall–Kier alpha value is -3.60. The average molecular weight is 547 g/mol. The molecule has 3 aliphatic heterocycles. The van der Waals surface area contributed by atoms with Crippen LogP contribution < -0.4 is 10.6 Å². The number of nitrogens with two attached hydrogens (primary N) is 1.